The van der Waals surface area contributed by atoms with Crippen molar-refractivity contribution in [2.75, 3.05) is 44.7 Å². The molecule has 11 nitrogen and oxygen atoms in total. The lowest BCUT2D eigenvalue weighted by atomic mass is 10.0. The van der Waals surface area contributed by atoms with Crippen LogP contribution in [0, 0.1) is 0 Å². The first-order valence-corrected chi connectivity index (χ1v) is 18.0. The first-order valence-electron chi connectivity index (χ1n) is 16.7. The molecule has 6 N–H and O–H groups in total. The van der Waals surface area contributed by atoms with E-state index in [4.69, 9.17) is 45.6 Å². The Morgan fingerprint density at radius 3 is 1.65 bits per heavy atom. The molecule has 0 aliphatic heterocycles. The highest BCUT2D eigenvalue weighted by Gasteiger charge is 2.12. The van der Waals surface area contributed by atoms with Crippen molar-refractivity contribution in [3.8, 4) is 0 Å². The number of ketones is 2. The molecule has 55 heavy (non-hydrogen) atoms. The van der Waals surface area contributed by atoms with Gasteiger partial charge in [-0.15, -0.1) is 11.6 Å². The van der Waals surface area contributed by atoms with E-state index in [9.17, 15) is 19.2 Å². The van der Waals surface area contributed by atoms with Gasteiger partial charge in [-0.3, -0.25) is 29.1 Å². The van der Waals surface area contributed by atoms with Gasteiger partial charge in [-0.1, -0.05) is 59.6 Å². The maximum atomic E-state index is 12.3. The summed E-state index contributed by atoms with van der Waals surface area (Å²) in [5, 5.41) is 20.0. The summed E-state index contributed by atoms with van der Waals surface area (Å²) in [5.41, 5.74) is 9.52. The topological polar surface area (TPSA) is 176 Å². The van der Waals surface area contributed by atoms with Crippen molar-refractivity contribution >= 4 is 91.1 Å². The van der Waals surface area contributed by atoms with E-state index in [-0.39, 0.29) is 48.6 Å². The van der Waals surface area contributed by atoms with Crippen LogP contribution in [0.25, 0.3) is 21.5 Å². The standard InChI is InChI=1S/C20H18ClN3O2.C12H9Cl2NO.C8H10N2O.CH4O/c1-22-20(26)14-3-2-4-16(9-14)24-12-17(25)10-13-5-6-15-11-23-8-7-18(15)19(13)21;13-6-10(16)5-8-1-2-9-7-15-4-3-11(9)12(8)14;1-10-8(11)6-3-2-4-7(9)5-6;1-2/h2-9,11,24H,10,12H2,1H3,(H,22,26);1-4,7H,5-6H2;2-5H,9H2,1H3,(H,10,11);2H,1H3. The Balaban J connectivity index is 0.000000238. The Labute approximate surface area is 334 Å². The molecule has 6 aromatic rings. The van der Waals surface area contributed by atoms with Crippen LogP contribution in [0.4, 0.5) is 11.4 Å². The zero-order chi connectivity index (χ0) is 40.3. The fraction of sp³-hybridized carbons (Fsp3) is 0.171. The minimum absolute atomic E-state index is 0.00523. The molecule has 286 valence electrons. The van der Waals surface area contributed by atoms with E-state index in [1.807, 2.05) is 42.5 Å². The van der Waals surface area contributed by atoms with Crippen molar-refractivity contribution in [2.45, 2.75) is 12.8 Å². The predicted molar refractivity (Wildman–Crippen MR) is 222 cm³/mol. The van der Waals surface area contributed by atoms with Crippen molar-refractivity contribution in [2.24, 2.45) is 0 Å². The van der Waals surface area contributed by atoms with Gasteiger partial charge in [0.25, 0.3) is 11.8 Å². The Hall–Kier alpha value is -5.59. The number of aliphatic hydroxyl groups is 1. The zero-order valence-corrected chi connectivity index (χ0v) is 32.7. The summed E-state index contributed by atoms with van der Waals surface area (Å²) >= 11 is 18.1. The van der Waals surface area contributed by atoms with E-state index >= 15 is 0 Å². The molecule has 14 heteroatoms. The number of carbonyl (C=O) groups is 4. The fourth-order valence-electron chi connectivity index (χ4n) is 5.10. The quantitative estimate of drug-likeness (QED) is 0.0725. The molecule has 2 amide bonds. The number of nitrogen functional groups attached to an aromatic ring is 1. The second-order valence-electron chi connectivity index (χ2n) is 11.6. The van der Waals surface area contributed by atoms with Crippen LogP contribution in [-0.2, 0) is 22.4 Å². The Morgan fingerprint density at radius 2 is 1.16 bits per heavy atom. The second-order valence-corrected chi connectivity index (χ2v) is 12.6. The van der Waals surface area contributed by atoms with Gasteiger partial charge in [0.15, 0.2) is 11.6 Å². The van der Waals surface area contributed by atoms with Gasteiger partial charge in [-0.05, 0) is 59.7 Å². The van der Waals surface area contributed by atoms with E-state index < -0.39 is 0 Å². The SMILES string of the molecule is CNC(=O)c1cccc(N)c1.CNC(=O)c1cccc(NCC(=O)Cc2ccc3cnccc3c2Cl)c1.CO.O=C(CCl)Cc1ccc2cnccc2c1Cl. The Morgan fingerprint density at radius 1 is 0.673 bits per heavy atom. The number of carbonyl (C=O) groups excluding carboxylic acids is 4. The number of fused-ring (bicyclic) bond motifs is 2. The summed E-state index contributed by atoms with van der Waals surface area (Å²) in [6, 6.07) is 25.1. The monoisotopic (exact) mass is 802 g/mol. The van der Waals surface area contributed by atoms with E-state index in [1.54, 1.807) is 81.3 Å². The average Bonchev–Trinajstić information content (AvgIpc) is 3.23. The van der Waals surface area contributed by atoms with Gasteiger partial charge < -0.3 is 26.8 Å². The highest BCUT2D eigenvalue weighted by Crippen LogP contribution is 2.28. The number of nitrogens with zero attached hydrogens (tertiary/aromatic N) is 2. The maximum absolute atomic E-state index is 12.3. The van der Waals surface area contributed by atoms with Gasteiger partial charge in [0.1, 0.15) is 0 Å². The van der Waals surface area contributed by atoms with Gasteiger partial charge >= 0.3 is 0 Å². The van der Waals surface area contributed by atoms with E-state index in [0.717, 1.165) is 45.5 Å². The van der Waals surface area contributed by atoms with Crippen LogP contribution < -0.4 is 21.7 Å². The lowest BCUT2D eigenvalue weighted by molar-refractivity contribution is -0.117. The van der Waals surface area contributed by atoms with Crippen molar-refractivity contribution in [1.29, 1.82) is 0 Å². The molecule has 0 saturated heterocycles. The van der Waals surface area contributed by atoms with Crippen LogP contribution in [0.5, 0.6) is 0 Å². The number of pyridine rings is 2. The van der Waals surface area contributed by atoms with Gasteiger partial charge in [0.05, 0.1) is 22.5 Å². The zero-order valence-electron chi connectivity index (χ0n) is 30.4. The van der Waals surface area contributed by atoms with Crippen LogP contribution in [0.15, 0.2) is 110 Å². The normalized spacial score (nSPS) is 10.0. The van der Waals surface area contributed by atoms with Crippen LogP contribution in [-0.4, -0.2) is 72.1 Å². The molecule has 0 unspecified atom stereocenters. The molecular weight excluding hydrogens is 763 g/mol. The van der Waals surface area contributed by atoms with Crippen molar-refractivity contribution < 1.29 is 24.3 Å². The lowest BCUT2D eigenvalue weighted by Crippen LogP contribution is -2.19. The highest BCUT2D eigenvalue weighted by atomic mass is 35.5. The number of anilines is 2. The molecular formula is C41H41Cl3N6O5. The largest absolute Gasteiger partial charge is 0.400 e. The Bertz CT molecular complexity index is 2250. The smallest absolute Gasteiger partial charge is 0.251 e. The van der Waals surface area contributed by atoms with Crippen molar-refractivity contribution in [3.05, 3.63) is 142 Å². The predicted octanol–water partition coefficient (Wildman–Crippen LogP) is 6.95. The van der Waals surface area contributed by atoms with Gasteiger partial charge in [0.2, 0.25) is 0 Å². The van der Waals surface area contributed by atoms with Crippen LogP contribution in [0.2, 0.25) is 10.0 Å². The molecule has 0 atom stereocenters. The molecule has 0 radical (unpaired) electrons. The number of nitrogens with one attached hydrogen (secondary N) is 3. The van der Waals surface area contributed by atoms with Crippen LogP contribution in [0.1, 0.15) is 31.8 Å². The third kappa shape index (κ3) is 13.0. The molecule has 2 heterocycles. The molecule has 0 fully saturated rings. The molecule has 6 rings (SSSR count). The third-order valence-electron chi connectivity index (χ3n) is 7.81. The fourth-order valence-corrected chi connectivity index (χ4v) is 5.80. The molecule has 0 aliphatic carbocycles. The van der Waals surface area contributed by atoms with Crippen LogP contribution in [0.3, 0.4) is 0 Å². The van der Waals surface area contributed by atoms with Crippen molar-refractivity contribution in [3.63, 3.8) is 0 Å². The summed E-state index contributed by atoms with van der Waals surface area (Å²) in [6.07, 6.45) is 7.37. The molecule has 0 saturated carbocycles. The summed E-state index contributed by atoms with van der Waals surface area (Å²) < 4.78 is 0. The molecule has 4 aromatic carbocycles. The number of hydrogen-bond donors (Lipinski definition) is 5. The number of benzene rings is 4. The third-order valence-corrected chi connectivity index (χ3v) is 9.00. The summed E-state index contributed by atoms with van der Waals surface area (Å²) in [6.45, 7) is 0.155. The first kappa shape index (κ1) is 43.8. The number of nitrogens with two attached hydrogens (primary N) is 1. The summed E-state index contributed by atoms with van der Waals surface area (Å²) in [5.74, 6) is -0.289. The molecule has 2 aromatic heterocycles. The van der Waals surface area contributed by atoms with E-state index in [0.29, 0.717) is 26.9 Å². The number of amides is 2. The molecule has 0 aliphatic rings. The van der Waals surface area contributed by atoms with Crippen molar-refractivity contribution in [1.82, 2.24) is 20.6 Å². The number of rotatable bonds is 10. The van der Waals surface area contributed by atoms with Crippen LogP contribution >= 0.6 is 34.8 Å². The number of aromatic nitrogens is 2. The number of aliphatic hydroxyl groups excluding tert-OH is 1. The minimum atomic E-state index is -0.169. The van der Waals surface area contributed by atoms with E-state index in [1.165, 1.54) is 0 Å². The number of halogens is 3. The van der Waals surface area contributed by atoms with E-state index in [2.05, 4.69) is 25.9 Å². The Kier molecular flexibility index (Phi) is 18.0. The number of Topliss-reactive ketones (excluding diaryl/α,β-unsaturated/α-hetero) is 2. The minimum Gasteiger partial charge on any atom is -0.400 e. The second kappa shape index (κ2) is 22.6. The van der Waals surface area contributed by atoms with Gasteiger partial charge in [0, 0.05) is 103 Å². The van der Waals surface area contributed by atoms with Gasteiger partial charge in [-0.25, -0.2) is 0 Å². The summed E-state index contributed by atoms with van der Waals surface area (Å²) in [4.78, 5) is 54.3. The molecule has 0 spiro atoms. The first-order chi connectivity index (χ1) is 26.5. The maximum Gasteiger partial charge on any atom is 0.251 e. The average molecular weight is 804 g/mol. The lowest BCUT2D eigenvalue weighted by Gasteiger charge is -2.09. The number of hydrogen-bond acceptors (Lipinski definition) is 9. The summed E-state index contributed by atoms with van der Waals surface area (Å²) in [7, 11) is 4.17. The number of alkyl halides is 1. The highest BCUT2D eigenvalue weighted by molar-refractivity contribution is 6.37. The van der Waals surface area contributed by atoms with Gasteiger partial charge in [-0.2, -0.15) is 0 Å². The molecule has 0 bridgehead atoms.